The van der Waals surface area contributed by atoms with Gasteiger partial charge in [0, 0.05) is 37.9 Å². The van der Waals surface area contributed by atoms with E-state index >= 15 is 0 Å². The summed E-state index contributed by atoms with van der Waals surface area (Å²) in [6.45, 7) is 15.4. The van der Waals surface area contributed by atoms with E-state index in [-0.39, 0.29) is 0 Å². The van der Waals surface area contributed by atoms with Crippen molar-refractivity contribution in [2.24, 2.45) is 0 Å². The third-order valence-corrected chi connectivity index (χ3v) is 4.56. The summed E-state index contributed by atoms with van der Waals surface area (Å²) < 4.78 is 0. The third kappa shape index (κ3) is 8.06. The second-order valence-corrected chi connectivity index (χ2v) is 7.06. The van der Waals surface area contributed by atoms with E-state index in [1.165, 1.54) is 51.4 Å². The van der Waals surface area contributed by atoms with Crippen molar-refractivity contribution in [3.05, 3.63) is 11.8 Å². The quantitative estimate of drug-likeness (QED) is 0.438. The molecule has 1 heterocycles. The fourth-order valence-electron chi connectivity index (χ4n) is 2.89. The molecule has 0 aliphatic heterocycles. The second kappa shape index (κ2) is 13.0. The van der Waals surface area contributed by atoms with Crippen LogP contribution in [-0.4, -0.2) is 36.1 Å². The molecule has 0 aliphatic carbocycles. The molecule has 0 saturated carbocycles. The third-order valence-electron chi connectivity index (χ3n) is 4.56. The topological polar surface area (TPSA) is 32.3 Å². The number of aryl methyl sites for hydroxylation is 1. The maximum absolute atomic E-state index is 4.99. The lowest BCUT2D eigenvalue weighted by Crippen LogP contribution is -2.30. The fraction of sp³-hybridized carbons (Fsp3) is 0.810. The Hall–Kier alpha value is -1.32. The van der Waals surface area contributed by atoms with Gasteiger partial charge in [-0.2, -0.15) is 4.98 Å². The molecule has 0 bridgehead atoms. The molecule has 1 aromatic rings. The van der Waals surface area contributed by atoms with Crippen molar-refractivity contribution in [1.29, 1.82) is 0 Å². The Kier molecular flexibility index (Phi) is 11.3. The molecule has 0 N–H and O–H groups in total. The van der Waals surface area contributed by atoms with Crippen LogP contribution < -0.4 is 9.80 Å². The van der Waals surface area contributed by atoms with Gasteiger partial charge in [0.25, 0.3) is 0 Å². The Bertz CT molecular complexity index is 407. The van der Waals surface area contributed by atoms with E-state index in [9.17, 15) is 0 Å². The lowest BCUT2D eigenvalue weighted by molar-refractivity contribution is 0.651. The molecule has 0 fully saturated rings. The summed E-state index contributed by atoms with van der Waals surface area (Å²) in [5.74, 6) is 2.04. The van der Waals surface area contributed by atoms with Crippen LogP contribution in [0.2, 0.25) is 0 Å². The first-order chi connectivity index (χ1) is 12.2. The van der Waals surface area contributed by atoms with Gasteiger partial charge in [0.05, 0.1) is 0 Å². The number of rotatable bonds is 14. The average molecular weight is 349 g/mol. The monoisotopic (exact) mass is 348 g/mol. The molecule has 0 spiro atoms. The van der Waals surface area contributed by atoms with Crippen molar-refractivity contribution in [3.63, 3.8) is 0 Å². The molecule has 0 saturated heterocycles. The van der Waals surface area contributed by atoms with Crippen LogP contribution in [-0.2, 0) is 0 Å². The standard InChI is InChI=1S/C21H40N4/c1-6-10-14-24(15-11-7-2)20-18-19(5)22-21(23-20)25(16-12-8-3)17-13-9-4/h18H,6-17H2,1-5H3. The van der Waals surface area contributed by atoms with Gasteiger partial charge < -0.3 is 9.80 Å². The molecule has 4 heteroatoms. The molecule has 0 atom stereocenters. The van der Waals surface area contributed by atoms with E-state index in [1.807, 2.05) is 0 Å². The summed E-state index contributed by atoms with van der Waals surface area (Å²) >= 11 is 0. The first-order valence-electron chi connectivity index (χ1n) is 10.5. The minimum absolute atomic E-state index is 0.926. The summed E-state index contributed by atoms with van der Waals surface area (Å²) in [6, 6.07) is 2.16. The number of anilines is 2. The summed E-state index contributed by atoms with van der Waals surface area (Å²) in [4.78, 5) is 14.6. The van der Waals surface area contributed by atoms with Crippen LogP contribution in [0.15, 0.2) is 6.07 Å². The highest BCUT2D eigenvalue weighted by Crippen LogP contribution is 2.20. The highest BCUT2D eigenvalue weighted by Gasteiger charge is 2.14. The number of hydrogen-bond donors (Lipinski definition) is 0. The van der Waals surface area contributed by atoms with E-state index in [0.717, 1.165) is 43.6 Å². The van der Waals surface area contributed by atoms with Gasteiger partial charge in [0.15, 0.2) is 0 Å². The Balaban J connectivity index is 3.02. The number of nitrogens with zero attached hydrogens (tertiary/aromatic N) is 4. The zero-order valence-corrected chi connectivity index (χ0v) is 17.4. The zero-order chi connectivity index (χ0) is 18.5. The number of hydrogen-bond acceptors (Lipinski definition) is 4. The summed E-state index contributed by atoms with van der Waals surface area (Å²) in [5, 5.41) is 0. The van der Waals surface area contributed by atoms with Crippen molar-refractivity contribution in [2.75, 3.05) is 36.0 Å². The van der Waals surface area contributed by atoms with Crippen molar-refractivity contribution in [3.8, 4) is 0 Å². The Morgan fingerprint density at radius 1 is 0.680 bits per heavy atom. The van der Waals surface area contributed by atoms with Gasteiger partial charge in [-0.1, -0.05) is 53.4 Å². The van der Waals surface area contributed by atoms with Crippen LogP contribution in [0.4, 0.5) is 11.8 Å². The molecule has 0 radical (unpaired) electrons. The fourth-order valence-corrected chi connectivity index (χ4v) is 2.89. The average Bonchev–Trinajstić information content (AvgIpc) is 2.61. The first-order valence-corrected chi connectivity index (χ1v) is 10.5. The molecule has 0 aliphatic rings. The molecule has 0 aromatic carbocycles. The van der Waals surface area contributed by atoms with E-state index in [4.69, 9.17) is 9.97 Å². The van der Waals surface area contributed by atoms with Crippen LogP contribution in [0, 0.1) is 6.92 Å². The molecule has 25 heavy (non-hydrogen) atoms. The summed E-state index contributed by atoms with van der Waals surface area (Å²) in [7, 11) is 0. The predicted molar refractivity (Wildman–Crippen MR) is 111 cm³/mol. The lowest BCUT2D eigenvalue weighted by Gasteiger charge is -2.27. The molecule has 4 nitrogen and oxygen atoms in total. The van der Waals surface area contributed by atoms with Crippen LogP contribution in [0.3, 0.4) is 0 Å². The highest BCUT2D eigenvalue weighted by atomic mass is 15.3. The Morgan fingerprint density at radius 2 is 1.12 bits per heavy atom. The molecular formula is C21H40N4. The summed E-state index contributed by atoms with van der Waals surface area (Å²) in [5.41, 5.74) is 1.08. The summed E-state index contributed by atoms with van der Waals surface area (Å²) in [6.07, 6.45) is 9.70. The van der Waals surface area contributed by atoms with Crippen LogP contribution in [0.25, 0.3) is 0 Å². The van der Waals surface area contributed by atoms with Gasteiger partial charge in [0.2, 0.25) is 5.95 Å². The molecule has 1 rings (SSSR count). The van der Waals surface area contributed by atoms with Crippen LogP contribution in [0.1, 0.15) is 84.8 Å². The van der Waals surface area contributed by atoms with Gasteiger partial charge in [0.1, 0.15) is 5.82 Å². The lowest BCUT2D eigenvalue weighted by atomic mass is 10.2. The van der Waals surface area contributed by atoms with E-state index in [0.29, 0.717) is 0 Å². The Morgan fingerprint density at radius 3 is 1.56 bits per heavy atom. The SMILES string of the molecule is CCCCN(CCCC)c1cc(C)nc(N(CCCC)CCCC)n1. The maximum atomic E-state index is 4.99. The van der Waals surface area contributed by atoms with Crippen LogP contribution >= 0.6 is 0 Å². The van der Waals surface area contributed by atoms with Crippen molar-refractivity contribution >= 4 is 11.8 Å². The van der Waals surface area contributed by atoms with Crippen molar-refractivity contribution in [1.82, 2.24) is 9.97 Å². The second-order valence-electron chi connectivity index (χ2n) is 7.06. The Labute approximate surface area is 156 Å². The van der Waals surface area contributed by atoms with E-state index in [1.54, 1.807) is 0 Å². The maximum Gasteiger partial charge on any atom is 0.227 e. The normalized spacial score (nSPS) is 10.9. The van der Waals surface area contributed by atoms with E-state index < -0.39 is 0 Å². The largest absolute Gasteiger partial charge is 0.356 e. The van der Waals surface area contributed by atoms with Crippen LogP contribution in [0.5, 0.6) is 0 Å². The van der Waals surface area contributed by atoms with Gasteiger partial charge in [-0.3, -0.25) is 0 Å². The highest BCUT2D eigenvalue weighted by molar-refractivity contribution is 5.46. The molecule has 0 amide bonds. The molecule has 0 unspecified atom stereocenters. The van der Waals surface area contributed by atoms with Crippen molar-refractivity contribution < 1.29 is 0 Å². The minimum atomic E-state index is 0.926. The molecule has 1 aromatic heterocycles. The first kappa shape index (κ1) is 21.7. The van der Waals surface area contributed by atoms with Gasteiger partial charge in [-0.25, -0.2) is 4.98 Å². The smallest absolute Gasteiger partial charge is 0.227 e. The predicted octanol–water partition coefficient (Wildman–Crippen LogP) is 5.60. The van der Waals surface area contributed by atoms with Gasteiger partial charge in [-0.15, -0.1) is 0 Å². The van der Waals surface area contributed by atoms with E-state index in [2.05, 4.69) is 50.5 Å². The van der Waals surface area contributed by atoms with Gasteiger partial charge >= 0.3 is 0 Å². The minimum Gasteiger partial charge on any atom is -0.356 e. The zero-order valence-electron chi connectivity index (χ0n) is 17.4. The molecular weight excluding hydrogens is 308 g/mol. The number of unbranched alkanes of at least 4 members (excludes halogenated alkanes) is 4. The molecule has 144 valence electrons. The van der Waals surface area contributed by atoms with Gasteiger partial charge in [-0.05, 0) is 32.6 Å². The number of aromatic nitrogens is 2. The van der Waals surface area contributed by atoms with Crippen molar-refractivity contribution in [2.45, 2.75) is 86.0 Å².